The summed E-state index contributed by atoms with van der Waals surface area (Å²) in [6, 6.07) is 5.93. The number of rotatable bonds is 3. The normalized spacial score (nSPS) is 9.93. The smallest absolute Gasteiger partial charge is 0.305 e. The Morgan fingerprint density at radius 2 is 2.07 bits per heavy atom. The lowest BCUT2D eigenvalue weighted by atomic mass is 10.1. The molecule has 4 heteroatoms. The molecule has 0 atom stereocenters. The quantitative estimate of drug-likeness (QED) is 0.798. The van der Waals surface area contributed by atoms with Gasteiger partial charge in [-0.15, -0.1) is 0 Å². The zero-order valence-corrected chi connectivity index (χ0v) is 10.9. The van der Waals surface area contributed by atoms with Gasteiger partial charge in [0, 0.05) is 15.4 Å². The van der Waals surface area contributed by atoms with Crippen LogP contribution >= 0.6 is 31.9 Å². The van der Waals surface area contributed by atoms with E-state index in [2.05, 4.69) is 36.6 Å². The number of hydrogen-bond acceptors (Lipinski definition) is 2. The molecule has 0 radical (unpaired) electrons. The largest absolute Gasteiger partial charge is 0.469 e. The molecule has 0 aliphatic rings. The van der Waals surface area contributed by atoms with Gasteiger partial charge in [-0.25, -0.2) is 0 Å². The fourth-order valence-electron chi connectivity index (χ4n) is 1.04. The van der Waals surface area contributed by atoms with Crippen molar-refractivity contribution in [1.82, 2.24) is 0 Å². The third kappa shape index (κ3) is 3.42. The van der Waals surface area contributed by atoms with Crippen LogP contribution in [0.5, 0.6) is 0 Å². The molecule has 0 saturated heterocycles. The summed E-state index contributed by atoms with van der Waals surface area (Å²) in [6.45, 7) is 0. The second kappa shape index (κ2) is 5.51. The van der Waals surface area contributed by atoms with Crippen molar-refractivity contribution in [3.05, 3.63) is 32.7 Å². The topological polar surface area (TPSA) is 26.3 Å². The maximum Gasteiger partial charge on any atom is 0.305 e. The van der Waals surface area contributed by atoms with Gasteiger partial charge in [0.1, 0.15) is 0 Å². The molecule has 0 spiro atoms. The van der Waals surface area contributed by atoms with Crippen LogP contribution in [-0.4, -0.2) is 13.1 Å². The van der Waals surface area contributed by atoms with Crippen molar-refractivity contribution in [3.63, 3.8) is 0 Å². The zero-order chi connectivity index (χ0) is 10.6. The van der Waals surface area contributed by atoms with Crippen LogP contribution in [0.1, 0.15) is 12.0 Å². The molecule has 0 N–H and O–H groups in total. The predicted octanol–water partition coefficient (Wildman–Crippen LogP) is 3.32. The standard InChI is InChI=1S/C10H10Br2O2/c1-14-10(13)5-3-7-2-4-8(11)9(12)6-7/h2,4,6H,3,5H2,1H3. The van der Waals surface area contributed by atoms with Crippen molar-refractivity contribution in [2.24, 2.45) is 0 Å². The first-order valence-electron chi connectivity index (χ1n) is 4.14. The van der Waals surface area contributed by atoms with Gasteiger partial charge in [-0.3, -0.25) is 4.79 Å². The van der Waals surface area contributed by atoms with E-state index in [1.54, 1.807) is 0 Å². The van der Waals surface area contributed by atoms with Crippen molar-refractivity contribution in [1.29, 1.82) is 0 Å². The molecular weight excluding hydrogens is 312 g/mol. The molecule has 0 amide bonds. The molecule has 1 aromatic rings. The summed E-state index contributed by atoms with van der Waals surface area (Å²) in [6.07, 6.45) is 1.13. The first-order valence-corrected chi connectivity index (χ1v) is 5.73. The molecule has 0 saturated carbocycles. The van der Waals surface area contributed by atoms with Crippen LogP contribution in [0, 0.1) is 0 Å². The highest BCUT2D eigenvalue weighted by molar-refractivity contribution is 9.13. The monoisotopic (exact) mass is 320 g/mol. The minimum Gasteiger partial charge on any atom is -0.469 e. The molecule has 0 aliphatic carbocycles. The first-order chi connectivity index (χ1) is 6.63. The highest BCUT2D eigenvalue weighted by Crippen LogP contribution is 2.24. The van der Waals surface area contributed by atoms with Gasteiger partial charge in [0.2, 0.25) is 0 Å². The van der Waals surface area contributed by atoms with Gasteiger partial charge in [-0.2, -0.15) is 0 Å². The summed E-state index contributed by atoms with van der Waals surface area (Å²) in [5.74, 6) is -0.177. The zero-order valence-electron chi connectivity index (χ0n) is 7.72. The van der Waals surface area contributed by atoms with Crippen LogP contribution in [0.3, 0.4) is 0 Å². The molecule has 0 unspecified atom stereocenters. The van der Waals surface area contributed by atoms with Crippen molar-refractivity contribution < 1.29 is 9.53 Å². The van der Waals surface area contributed by atoms with Crippen LogP contribution in [0.2, 0.25) is 0 Å². The van der Waals surface area contributed by atoms with E-state index in [0.29, 0.717) is 12.8 Å². The van der Waals surface area contributed by atoms with Gasteiger partial charge in [-0.1, -0.05) is 6.07 Å². The maximum atomic E-state index is 10.9. The highest BCUT2D eigenvalue weighted by atomic mass is 79.9. The summed E-state index contributed by atoms with van der Waals surface area (Å²) in [7, 11) is 1.40. The number of carbonyl (C=O) groups is 1. The van der Waals surface area contributed by atoms with Gasteiger partial charge in [0.05, 0.1) is 7.11 Å². The summed E-state index contributed by atoms with van der Waals surface area (Å²) in [5, 5.41) is 0. The van der Waals surface area contributed by atoms with Crippen LogP contribution in [0.25, 0.3) is 0 Å². The SMILES string of the molecule is COC(=O)CCc1ccc(Br)c(Br)c1. The fraction of sp³-hybridized carbons (Fsp3) is 0.300. The molecule has 0 aromatic heterocycles. The Labute approximate surface area is 99.9 Å². The average molecular weight is 322 g/mol. The molecule has 14 heavy (non-hydrogen) atoms. The third-order valence-electron chi connectivity index (χ3n) is 1.83. The third-order valence-corrected chi connectivity index (χ3v) is 3.71. The van der Waals surface area contributed by atoms with Gasteiger partial charge in [0.15, 0.2) is 0 Å². The second-order valence-corrected chi connectivity index (χ2v) is 4.53. The minimum atomic E-state index is -0.177. The van der Waals surface area contributed by atoms with Gasteiger partial charge >= 0.3 is 5.97 Å². The van der Waals surface area contributed by atoms with Crippen LogP contribution in [-0.2, 0) is 16.0 Å². The number of methoxy groups -OCH3 is 1. The van der Waals surface area contributed by atoms with Gasteiger partial charge in [0.25, 0.3) is 0 Å². The Morgan fingerprint density at radius 1 is 1.36 bits per heavy atom. The first kappa shape index (κ1) is 11.7. The lowest BCUT2D eigenvalue weighted by Gasteiger charge is -2.02. The molecule has 1 rings (SSSR count). The molecule has 0 fully saturated rings. The fourth-order valence-corrected chi connectivity index (χ4v) is 1.72. The molecular formula is C10H10Br2O2. The van der Waals surface area contributed by atoms with E-state index in [1.807, 2.05) is 18.2 Å². The van der Waals surface area contributed by atoms with Crippen molar-refractivity contribution in [2.75, 3.05) is 7.11 Å². The Bertz CT molecular complexity index is 337. The molecule has 0 aliphatic heterocycles. The number of aryl methyl sites for hydroxylation is 1. The molecule has 1 aromatic carbocycles. The predicted molar refractivity (Wildman–Crippen MR) is 62.2 cm³/mol. The van der Waals surface area contributed by atoms with Crippen LogP contribution < -0.4 is 0 Å². The van der Waals surface area contributed by atoms with E-state index in [9.17, 15) is 4.79 Å². The Morgan fingerprint density at radius 3 is 2.64 bits per heavy atom. The number of ether oxygens (including phenoxy) is 1. The van der Waals surface area contributed by atoms with E-state index in [0.717, 1.165) is 14.5 Å². The number of halogens is 2. The van der Waals surface area contributed by atoms with E-state index >= 15 is 0 Å². The number of benzene rings is 1. The van der Waals surface area contributed by atoms with Gasteiger partial charge in [-0.05, 0) is 56.0 Å². The maximum absolute atomic E-state index is 10.9. The summed E-state index contributed by atoms with van der Waals surface area (Å²) >= 11 is 6.79. The molecule has 0 heterocycles. The van der Waals surface area contributed by atoms with Crippen LogP contribution in [0.15, 0.2) is 27.1 Å². The Kier molecular flexibility index (Phi) is 4.62. The second-order valence-electron chi connectivity index (χ2n) is 2.82. The highest BCUT2D eigenvalue weighted by Gasteiger charge is 2.03. The van der Waals surface area contributed by atoms with Gasteiger partial charge < -0.3 is 4.74 Å². The molecule has 2 nitrogen and oxygen atoms in total. The van der Waals surface area contributed by atoms with E-state index < -0.39 is 0 Å². The summed E-state index contributed by atoms with van der Waals surface area (Å²) in [4.78, 5) is 10.9. The molecule has 76 valence electrons. The molecule has 0 bridgehead atoms. The Hall–Kier alpha value is -0.350. The number of hydrogen-bond donors (Lipinski definition) is 0. The van der Waals surface area contributed by atoms with Crippen molar-refractivity contribution >= 4 is 37.8 Å². The van der Waals surface area contributed by atoms with E-state index in [4.69, 9.17) is 0 Å². The number of esters is 1. The summed E-state index contributed by atoms with van der Waals surface area (Å²) in [5.41, 5.74) is 1.12. The van der Waals surface area contributed by atoms with E-state index in [-0.39, 0.29) is 5.97 Å². The van der Waals surface area contributed by atoms with Crippen molar-refractivity contribution in [2.45, 2.75) is 12.8 Å². The van der Waals surface area contributed by atoms with Crippen molar-refractivity contribution in [3.8, 4) is 0 Å². The summed E-state index contributed by atoms with van der Waals surface area (Å²) < 4.78 is 6.58. The lowest BCUT2D eigenvalue weighted by molar-refractivity contribution is -0.140. The minimum absolute atomic E-state index is 0.177. The van der Waals surface area contributed by atoms with E-state index in [1.165, 1.54) is 7.11 Å². The number of carbonyl (C=O) groups excluding carboxylic acids is 1. The Balaban J connectivity index is 2.60. The lowest BCUT2D eigenvalue weighted by Crippen LogP contribution is -2.01. The average Bonchev–Trinajstić information content (AvgIpc) is 2.19. The van der Waals surface area contributed by atoms with Crippen LogP contribution in [0.4, 0.5) is 0 Å².